The van der Waals surface area contributed by atoms with Gasteiger partial charge in [-0.1, -0.05) is 12.1 Å². The number of fused-ring (bicyclic) bond motifs is 2. The second-order valence-electron chi connectivity index (χ2n) is 6.34. The van der Waals surface area contributed by atoms with E-state index in [4.69, 9.17) is 0 Å². The van der Waals surface area contributed by atoms with Crippen molar-refractivity contribution in [3.8, 4) is 0 Å². The molecule has 1 amide bonds. The molecule has 9 nitrogen and oxygen atoms in total. The van der Waals surface area contributed by atoms with Gasteiger partial charge < -0.3 is 10.3 Å². The largest absolute Gasteiger partial charge is 0.354 e. The highest BCUT2D eigenvalue weighted by Crippen LogP contribution is 2.11. The van der Waals surface area contributed by atoms with Gasteiger partial charge in [-0.25, -0.2) is 14.8 Å². The second-order valence-corrected chi connectivity index (χ2v) is 6.34. The van der Waals surface area contributed by atoms with Gasteiger partial charge in [-0.05, 0) is 24.3 Å². The molecular formula is C19H18N6O3. The van der Waals surface area contributed by atoms with Crippen molar-refractivity contribution in [1.82, 2.24) is 29.8 Å². The van der Waals surface area contributed by atoms with Crippen LogP contribution >= 0.6 is 0 Å². The zero-order chi connectivity index (χ0) is 19.5. The molecule has 28 heavy (non-hydrogen) atoms. The zero-order valence-corrected chi connectivity index (χ0v) is 14.9. The van der Waals surface area contributed by atoms with Crippen LogP contribution in [0.2, 0.25) is 0 Å². The number of carbonyl (C=O) groups is 1. The van der Waals surface area contributed by atoms with Gasteiger partial charge in [0, 0.05) is 32.1 Å². The molecule has 0 aliphatic heterocycles. The lowest BCUT2D eigenvalue weighted by Crippen LogP contribution is -2.39. The Labute approximate surface area is 158 Å². The van der Waals surface area contributed by atoms with Crippen molar-refractivity contribution in [1.29, 1.82) is 0 Å². The maximum Gasteiger partial charge on any atom is 0.330 e. The molecule has 3 N–H and O–H groups in total. The third kappa shape index (κ3) is 3.54. The summed E-state index contributed by atoms with van der Waals surface area (Å²) >= 11 is 0. The maximum absolute atomic E-state index is 12.4. The number of benzene rings is 1. The fraction of sp³-hybridized carbons (Fsp3) is 0.211. The molecule has 0 unspecified atom stereocenters. The van der Waals surface area contributed by atoms with Crippen molar-refractivity contribution >= 4 is 28.0 Å². The average molecular weight is 378 g/mol. The van der Waals surface area contributed by atoms with E-state index in [1.807, 2.05) is 24.3 Å². The fourth-order valence-electron chi connectivity index (χ4n) is 3.04. The number of hydrogen-bond acceptors (Lipinski definition) is 5. The van der Waals surface area contributed by atoms with Crippen LogP contribution in [-0.2, 0) is 17.8 Å². The Morgan fingerprint density at radius 1 is 1.11 bits per heavy atom. The summed E-state index contributed by atoms with van der Waals surface area (Å²) in [7, 11) is 0. The predicted octanol–water partition coefficient (Wildman–Crippen LogP) is 0.710. The number of nitrogens with zero attached hydrogens (tertiary/aromatic N) is 3. The molecule has 0 saturated heterocycles. The SMILES string of the molecule is O=C(CCc1nc2ccccc2[nH]1)NCCn1c(=O)[nH]c2ncccc2c1=O. The van der Waals surface area contributed by atoms with Crippen LogP contribution in [0.3, 0.4) is 0 Å². The third-order valence-electron chi connectivity index (χ3n) is 4.44. The summed E-state index contributed by atoms with van der Waals surface area (Å²) in [6.45, 7) is 0.253. The summed E-state index contributed by atoms with van der Waals surface area (Å²) < 4.78 is 1.06. The highest BCUT2D eigenvalue weighted by Gasteiger charge is 2.09. The van der Waals surface area contributed by atoms with E-state index >= 15 is 0 Å². The minimum Gasteiger partial charge on any atom is -0.354 e. The van der Waals surface area contributed by atoms with Gasteiger partial charge in [0.15, 0.2) is 0 Å². The lowest BCUT2D eigenvalue weighted by Gasteiger charge is -2.07. The van der Waals surface area contributed by atoms with Crippen LogP contribution in [0.4, 0.5) is 0 Å². The highest BCUT2D eigenvalue weighted by molar-refractivity contribution is 5.77. The van der Waals surface area contributed by atoms with Gasteiger partial charge in [0.1, 0.15) is 11.5 Å². The van der Waals surface area contributed by atoms with E-state index in [0.717, 1.165) is 21.4 Å². The van der Waals surface area contributed by atoms with Gasteiger partial charge in [0.2, 0.25) is 5.91 Å². The number of imidazole rings is 1. The summed E-state index contributed by atoms with van der Waals surface area (Å²) in [6, 6.07) is 10.9. The van der Waals surface area contributed by atoms with Crippen LogP contribution in [0.1, 0.15) is 12.2 Å². The van der Waals surface area contributed by atoms with Crippen LogP contribution in [0, 0.1) is 0 Å². The molecule has 3 heterocycles. The number of H-pyrrole nitrogens is 2. The van der Waals surface area contributed by atoms with E-state index < -0.39 is 11.2 Å². The fourth-order valence-corrected chi connectivity index (χ4v) is 3.04. The van der Waals surface area contributed by atoms with Gasteiger partial charge in [0.25, 0.3) is 5.56 Å². The normalized spacial score (nSPS) is 11.1. The van der Waals surface area contributed by atoms with Gasteiger partial charge in [-0.3, -0.25) is 19.1 Å². The molecule has 9 heteroatoms. The van der Waals surface area contributed by atoms with E-state index in [2.05, 4.69) is 25.3 Å². The molecule has 142 valence electrons. The van der Waals surface area contributed by atoms with E-state index in [1.54, 1.807) is 12.1 Å². The van der Waals surface area contributed by atoms with Crippen LogP contribution in [0.15, 0.2) is 52.2 Å². The summed E-state index contributed by atoms with van der Waals surface area (Å²) in [5.41, 5.74) is 1.07. The summed E-state index contributed by atoms with van der Waals surface area (Å²) in [6.07, 6.45) is 2.24. The summed E-state index contributed by atoms with van der Waals surface area (Å²) in [5.74, 6) is 0.568. The molecule has 0 saturated carbocycles. The van der Waals surface area contributed by atoms with Crippen LogP contribution < -0.4 is 16.6 Å². The molecule has 3 aromatic heterocycles. The van der Waals surface area contributed by atoms with Crippen LogP contribution in [-0.4, -0.2) is 37.0 Å². The number of rotatable bonds is 6. The van der Waals surface area contributed by atoms with Crippen molar-refractivity contribution in [2.75, 3.05) is 6.54 Å². The number of para-hydroxylation sites is 2. The average Bonchev–Trinajstić information content (AvgIpc) is 3.12. The van der Waals surface area contributed by atoms with Crippen molar-refractivity contribution in [2.45, 2.75) is 19.4 Å². The molecule has 0 spiro atoms. The third-order valence-corrected chi connectivity index (χ3v) is 4.44. The lowest BCUT2D eigenvalue weighted by molar-refractivity contribution is -0.121. The van der Waals surface area contributed by atoms with Gasteiger partial charge >= 0.3 is 5.69 Å². The monoisotopic (exact) mass is 378 g/mol. The van der Waals surface area contributed by atoms with Crippen LogP contribution in [0.5, 0.6) is 0 Å². The topological polar surface area (TPSA) is 126 Å². The number of hydrogen-bond donors (Lipinski definition) is 3. The Bertz CT molecular complexity index is 1240. The molecule has 0 radical (unpaired) electrons. The molecule has 4 aromatic rings. The number of nitrogens with one attached hydrogen (secondary N) is 3. The van der Waals surface area contributed by atoms with E-state index in [-0.39, 0.29) is 31.1 Å². The molecule has 0 aliphatic rings. The van der Waals surface area contributed by atoms with Gasteiger partial charge in [-0.2, -0.15) is 0 Å². The first-order valence-electron chi connectivity index (χ1n) is 8.90. The van der Waals surface area contributed by atoms with Crippen molar-refractivity contribution in [2.24, 2.45) is 0 Å². The number of amides is 1. The Hall–Kier alpha value is -3.75. The first kappa shape index (κ1) is 17.7. The van der Waals surface area contributed by atoms with Gasteiger partial charge in [-0.15, -0.1) is 0 Å². The van der Waals surface area contributed by atoms with Crippen molar-refractivity contribution < 1.29 is 4.79 Å². The predicted molar refractivity (Wildman–Crippen MR) is 104 cm³/mol. The number of aromatic nitrogens is 5. The smallest absolute Gasteiger partial charge is 0.330 e. The Morgan fingerprint density at radius 3 is 2.82 bits per heavy atom. The highest BCUT2D eigenvalue weighted by atomic mass is 16.2. The molecule has 1 aromatic carbocycles. The molecular weight excluding hydrogens is 360 g/mol. The molecule has 0 fully saturated rings. The maximum atomic E-state index is 12.4. The summed E-state index contributed by atoms with van der Waals surface area (Å²) in [5, 5.41) is 3.06. The number of carbonyl (C=O) groups excluding carboxylic acids is 1. The van der Waals surface area contributed by atoms with Crippen LogP contribution in [0.25, 0.3) is 22.1 Å². The Kier molecular flexibility index (Phi) is 4.71. The number of aromatic amines is 2. The quantitative estimate of drug-likeness (QED) is 0.456. The molecule has 0 atom stereocenters. The van der Waals surface area contributed by atoms with Crippen molar-refractivity contribution in [3.63, 3.8) is 0 Å². The molecule has 0 bridgehead atoms. The zero-order valence-electron chi connectivity index (χ0n) is 14.9. The second kappa shape index (κ2) is 7.47. The Balaban J connectivity index is 1.35. The van der Waals surface area contributed by atoms with Gasteiger partial charge in [0.05, 0.1) is 16.4 Å². The first-order chi connectivity index (χ1) is 13.6. The number of pyridine rings is 1. The van der Waals surface area contributed by atoms with E-state index in [0.29, 0.717) is 11.8 Å². The number of aryl methyl sites for hydroxylation is 1. The van der Waals surface area contributed by atoms with E-state index in [1.165, 1.54) is 6.20 Å². The standard InChI is InChI=1S/C19H18N6O3/c26-16(8-7-15-22-13-5-1-2-6-14(13)23-15)20-10-11-25-18(27)12-4-3-9-21-17(12)24-19(25)28/h1-6,9H,7-8,10-11H2,(H,20,26)(H,22,23)(H,21,24,28). The Morgan fingerprint density at radius 2 is 1.96 bits per heavy atom. The van der Waals surface area contributed by atoms with E-state index in [9.17, 15) is 14.4 Å². The minimum absolute atomic E-state index is 0.0787. The first-order valence-corrected chi connectivity index (χ1v) is 8.90. The molecule has 0 aliphatic carbocycles. The van der Waals surface area contributed by atoms with Crippen molar-refractivity contribution in [3.05, 3.63) is 69.3 Å². The minimum atomic E-state index is -0.548. The molecule has 4 rings (SSSR count). The summed E-state index contributed by atoms with van der Waals surface area (Å²) in [4.78, 5) is 50.7. The lowest BCUT2D eigenvalue weighted by atomic mass is 10.3.